The first kappa shape index (κ1) is 10.7. The fraction of sp³-hybridized carbons (Fsp3) is 0.333. The van der Waals surface area contributed by atoms with Crippen LogP contribution in [0.5, 0.6) is 0 Å². The third-order valence-corrected chi connectivity index (χ3v) is 2.71. The number of rotatable bonds is 2. The number of alkyl halides is 1. The first-order chi connectivity index (χ1) is 6.01. The van der Waals surface area contributed by atoms with Crippen LogP contribution < -0.4 is 0 Å². The Labute approximate surface area is 87.7 Å². The van der Waals surface area contributed by atoms with Crippen molar-refractivity contribution in [2.75, 3.05) is 12.5 Å². The maximum absolute atomic E-state index is 11.3. The molecule has 0 aliphatic carbocycles. The summed E-state index contributed by atoms with van der Waals surface area (Å²) in [6.45, 7) is 0. The molecule has 13 heavy (non-hydrogen) atoms. The van der Waals surface area contributed by atoms with Crippen molar-refractivity contribution in [3.63, 3.8) is 0 Å². The quantitative estimate of drug-likeness (QED) is 0.753. The van der Waals surface area contributed by atoms with E-state index in [1.807, 2.05) is 24.3 Å². The summed E-state index contributed by atoms with van der Waals surface area (Å²) in [6, 6.07) is 7.70. The van der Waals surface area contributed by atoms with Crippen molar-refractivity contribution in [1.82, 2.24) is 0 Å². The van der Waals surface area contributed by atoms with E-state index in [9.17, 15) is 4.21 Å². The van der Waals surface area contributed by atoms with E-state index in [0.29, 0.717) is 0 Å². The summed E-state index contributed by atoms with van der Waals surface area (Å²) in [7, 11) is -2.03. The molecule has 1 aromatic rings. The molecular formula is C9H12BrNOS. The molecule has 0 saturated heterocycles. The van der Waals surface area contributed by atoms with E-state index in [2.05, 4.69) is 20.3 Å². The summed E-state index contributed by atoms with van der Waals surface area (Å²) in [5, 5.41) is 0.834. The molecule has 1 aromatic carbocycles. The van der Waals surface area contributed by atoms with Gasteiger partial charge in [-0.05, 0) is 17.7 Å². The number of hydrogen-bond donors (Lipinski definition) is 0. The van der Waals surface area contributed by atoms with Gasteiger partial charge in [0.25, 0.3) is 0 Å². The molecule has 0 fully saturated rings. The van der Waals surface area contributed by atoms with Crippen LogP contribution in [0.2, 0.25) is 0 Å². The van der Waals surface area contributed by atoms with E-state index in [1.165, 1.54) is 5.56 Å². The fourth-order valence-corrected chi connectivity index (χ4v) is 1.90. The lowest BCUT2D eigenvalue weighted by atomic mass is 10.2. The molecule has 4 heteroatoms. The van der Waals surface area contributed by atoms with Crippen LogP contribution in [0.25, 0.3) is 0 Å². The second-order valence-corrected chi connectivity index (χ2v) is 6.18. The lowest BCUT2D eigenvalue weighted by Gasteiger charge is -1.98. The van der Waals surface area contributed by atoms with E-state index in [1.54, 1.807) is 12.5 Å². The van der Waals surface area contributed by atoms with Crippen LogP contribution >= 0.6 is 15.9 Å². The Morgan fingerprint density at radius 3 is 2.23 bits per heavy atom. The highest BCUT2D eigenvalue weighted by Gasteiger charge is 1.93. The minimum atomic E-state index is -2.03. The van der Waals surface area contributed by atoms with E-state index < -0.39 is 9.73 Å². The summed E-state index contributed by atoms with van der Waals surface area (Å²) < 4.78 is 15.4. The zero-order valence-corrected chi connectivity index (χ0v) is 10.1. The summed E-state index contributed by atoms with van der Waals surface area (Å²) in [5.41, 5.74) is 1.97. The number of hydrogen-bond acceptors (Lipinski definition) is 2. The molecule has 0 aliphatic heterocycles. The van der Waals surface area contributed by atoms with Gasteiger partial charge >= 0.3 is 0 Å². The van der Waals surface area contributed by atoms with Gasteiger partial charge in [0.05, 0.1) is 5.69 Å². The van der Waals surface area contributed by atoms with Gasteiger partial charge in [-0.2, -0.15) is 4.36 Å². The first-order valence-electron chi connectivity index (χ1n) is 3.83. The van der Waals surface area contributed by atoms with Crippen LogP contribution in [0.15, 0.2) is 28.6 Å². The van der Waals surface area contributed by atoms with Crippen LogP contribution in [-0.2, 0) is 15.1 Å². The highest BCUT2D eigenvalue weighted by Crippen LogP contribution is 2.15. The molecule has 0 aliphatic rings. The monoisotopic (exact) mass is 261 g/mol. The predicted octanol–water partition coefficient (Wildman–Crippen LogP) is 2.94. The molecule has 0 radical (unpaired) electrons. The van der Waals surface area contributed by atoms with E-state index in [0.717, 1.165) is 11.0 Å². The molecule has 0 atom stereocenters. The van der Waals surface area contributed by atoms with Crippen LogP contribution in [0, 0.1) is 0 Å². The van der Waals surface area contributed by atoms with Gasteiger partial charge in [0, 0.05) is 27.6 Å². The molecule has 2 nitrogen and oxygen atoms in total. The fourth-order valence-electron chi connectivity index (χ4n) is 0.900. The summed E-state index contributed by atoms with van der Waals surface area (Å²) in [4.78, 5) is 0. The van der Waals surface area contributed by atoms with Crippen LogP contribution in [0.3, 0.4) is 0 Å². The Morgan fingerprint density at radius 1 is 1.31 bits per heavy atom. The predicted molar refractivity (Wildman–Crippen MR) is 61.2 cm³/mol. The maximum atomic E-state index is 11.3. The SMILES string of the molecule is CS(C)(=O)=Nc1ccc(CBr)cc1. The highest BCUT2D eigenvalue weighted by molar-refractivity contribution is 9.08. The molecule has 0 N–H and O–H groups in total. The minimum absolute atomic E-state index is 0.778. The van der Waals surface area contributed by atoms with Crippen molar-refractivity contribution in [3.05, 3.63) is 29.8 Å². The van der Waals surface area contributed by atoms with Crippen molar-refractivity contribution in [1.29, 1.82) is 0 Å². The van der Waals surface area contributed by atoms with Gasteiger partial charge in [-0.3, -0.25) is 0 Å². The van der Waals surface area contributed by atoms with Crippen LogP contribution in [0.4, 0.5) is 5.69 Å². The topological polar surface area (TPSA) is 29.4 Å². The molecule has 0 aromatic heterocycles. The number of benzene rings is 1. The zero-order valence-electron chi connectivity index (χ0n) is 7.66. The summed E-state index contributed by atoms with van der Waals surface area (Å²) >= 11 is 3.36. The average Bonchev–Trinajstić information content (AvgIpc) is 2.03. The summed E-state index contributed by atoms with van der Waals surface area (Å²) in [5.74, 6) is 0. The van der Waals surface area contributed by atoms with Crippen LogP contribution in [-0.4, -0.2) is 16.7 Å². The molecule has 72 valence electrons. The van der Waals surface area contributed by atoms with Gasteiger partial charge in [0.2, 0.25) is 0 Å². The second-order valence-electron chi connectivity index (χ2n) is 3.07. The summed E-state index contributed by atoms with van der Waals surface area (Å²) in [6.07, 6.45) is 3.26. The van der Waals surface area contributed by atoms with Gasteiger partial charge in [-0.15, -0.1) is 0 Å². The van der Waals surface area contributed by atoms with Crippen LogP contribution in [0.1, 0.15) is 5.56 Å². The number of nitrogens with zero attached hydrogens (tertiary/aromatic N) is 1. The molecule has 1 rings (SSSR count). The molecule has 0 spiro atoms. The minimum Gasteiger partial charge on any atom is -0.250 e. The lowest BCUT2D eigenvalue weighted by molar-refractivity contribution is 0.684. The average molecular weight is 262 g/mol. The molecule has 0 amide bonds. The number of halogens is 1. The van der Waals surface area contributed by atoms with Gasteiger partial charge in [-0.25, -0.2) is 4.21 Å². The zero-order chi connectivity index (χ0) is 9.90. The van der Waals surface area contributed by atoms with Gasteiger partial charge < -0.3 is 0 Å². The van der Waals surface area contributed by atoms with E-state index in [4.69, 9.17) is 0 Å². The van der Waals surface area contributed by atoms with Gasteiger partial charge in [-0.1, -0.05) is 28.1 Å². The molecule has 0 saturated carbocycles. The normalized spacial score (nSPS) is 11.3. The third-order valence-electron chi connectivity index (χ3n) is 1.42. The largest absolute Gasteiger partial charge is 0.250 e. The Balaban J connectivity index is 3.01. The van der Waals surface area contributed by atoms with Crippen molar-refractivity contribution >= 4 is 31.3 Å². The van der Waals surface area contributed by atoms with E-state index in [-0.39, 0.29) is 0 Å². The second kappa shape index (κ2) is 4.24. The molecule has 0 heterocycles. The lowest BCUT2D eigenvalue weighted by Crippen LogP contribution is -1.88. The van der Waals surface area contributed by atoms with Crippen molar-refractivity contribution in [3.8, 4) is 0 Å². The molecule has 0 bridgehead atoms. The van der Waals surface area contributed by atoms with Crippen molar-refractivity contribution in [2.24, 2.45) is 4.36 Å². The van der Waals surface area contributed by atoms with Gasteiger partial charge in [0.15, 0.2) is 0 Å². The third kappa shape index (κ3) is 3.91. The standard InChI is InChI=1S/C9H12BrNOS/c1-13(2,12)11-9-5-3-8(7-10)4-6-9/h3-6H,7H2,1-2H3. The van der Waals surface area contributed by atoms with Gasteiger partial charge in [0.1, 0.15) is 0 Å². The Kier molecular flexibility index (Phi) is 3.50. The van der Waals surface area contributed by atoms with E-state index >= 15 is 0 Å². The first-order valence-corrected chi connectivity index (χ1v) is 7.28. The van der Waals surface area contributed by atoms with Crippen molar-refractivity contribution < 1.29 is 4.21 Å². The Bertz CT molecular complexity index is 383. The maximum Gasteiger partial charge on any atom is 0.0730 e. The molecule has 0 unspecified atom stereocenters. The smallest absolute Gasteiger partial charge is 0.0730 e. The highest BCUT2D eigenvalue weighted by atomic mass is 79.9. The Hall–Kier alpha value is -0.350. The van der Waals surface area contributed by atoms with Crippen molar-refractivity contribution in [2.45, 2.75) is 5.33 Å². The Morgan fingerprint density at radius 2 is 1.85 bits per heavy atom. The molecular weight excluding hydrogens is 250 g/mol.